The van der Waals surface area contributed by atoms with Crippen molar-refractivity contribution in [2.75, 3.05) is 26.2 Å². The lowest BCUT2D eigenvalue weighted by atomic mass is 10.1. The first-order chi connectivity index (χ1) is 14.4. The van der Waals surface area contributed by atoms with Crippen LogP contribution in [-0.2, 0) is 17.8 Å². The highest BCUT2D eigenvalue weighted by atomic mass is 35.5. The number of nitrogens with one attached hydrogen (secondary N) is 2. The second-order valence-electron chi connectivity index (χ2n) is 7.10. The molecule has 30 heavy (non-hydrogen) atoms. The van der Waals surface area contributed by atoms with E-state index in [1.54, 1.807) is 36.4 Å². The normalized spacial score (nSPS) is 16.8. The van der Waals surface area contributed by atoms with Crippen molar-refractivity contribution in [1.82, 2.24) is 15.5 Å². The van der Waals surface area contributed by atoms with Crippen LogP contribution in [0.2, 0.25) is 5.02 Å². The van der Waals surface area contributed by atoms with E-state index in [-0.39, 0.29) is 17.2 Å². The molecule has 160 valence electrons. The van der Waals surface area contributed by atoms with Gasteiger partial charge in [0.15, 0.2) is 0 Å². The number of carbonyl (C=O) groups is 2. The van der Waals surface area contributed by atoms with E-state index in [0.717, 1.165) is 17.7 Å². The molecule has 0 unspecified atom stereocenters. The van der Waals surface area contributed by atoms with E-state index in [4.69, 9.17) is 22.1 Å². The summed E-state index contributed by atoms with van der Waals surface area (Å²) in [5.74, 6) is -0.921. The highest BCUT2D eigenvalue weighted by Gasteiger charge is 2.21. The lowest BCUT2D eigenvalue weighted by molar-refractivity contribution is -0.0287. The quantitative estimate of drug-likeness (QED) is 0.622. The highest BCUT2D eigenvalue weighted by Crippen LogP contribution is 2.18. The van der Waals surface area contributed by atoms with Gasteiger partial charge in [0.05, 0.1) is 17.7 Å². The molecule has 0 bridgehead atoms. The molecule has 1 aliphatic rings. The van der Waals surface area contributed by atoms with Gasteiger partial charge in [0.25, 0.3) is 0 Å². The molecule has 1 atom stereocenters. The summed E-state index contributed by atoms with van der Waals surface area (Å²) in [6.07, 6.45) is -0.143. The number of rotatable bonds is 7. The van der Waals surface area contributed by atoms with Crippen molar-refractivity contribution in [2.45, 2.75) is 19.2 Å². The van der Waals surface area contributed by atoms with Gasteiger partial charge < -0.3 is 21.1 Å². The van der Waals surface area contributed by atoms with Crippen molar-refractivity contribution in [3.05, 3.63) is 70.0 Å². The van der Waals surface area contributed by atoms with Crippen LogP contribution in [0.15, 0.2) is 42.5 Å². The van der Waals surface area contributed by atoms with Crippen LogP contribution in [0.4, 0.5) is 9.18 Å². The van der Waals surface area contributed by atoms with E-state index in [2.05, 4.69) is 15.5 Å². The first kappa shape index (κ1) is 22.0. The monoisotopic (exact) mass is 434 g/mol. The fraction of sp³-hybridized carbons (Fsp3) is 0.333. The Morgan fingerprint density at radius 2 is 1.90 bits per heavy atom. The number of nitrogens with zero attached hydrogens (tertiary/aromatic N) is 1. The average Bonchev–Trinajstić information content (AvgIpc) is 2.74. The van der Waals surface area contributed by atoms with E-state index in [0.29, 0.717) is 38.3 Å². The van der Waals surface area contributed by atoms with Crippen molar-refractivity contribution in [2.24, 2.45) is 5.73 Å². The summed E-state index contributed by atoms with van der Waals surface area (Å²) < 4.78 is 19.0. The van der Waals surface area contributed by atoms with Crippen molar-refractivity contribution in [3.63, 3.8) is 0 Å². The molecule has 0 saturated carbocycles. The van der Waals surface area contributed by atoms with Crippen LogP contribution >= 0.6 is 11.6 Å². The summed E-state index contributed by atoms with van der Waals surface area (Å²) in [5.41, 5.74) is 7.41. The molecule has 0 aromatic heterocycles. The number of carbonyl (C=O) groups excluding carboxylic acids is 2. The predicted molar refractivity (Wildman–Crippen MR) is 112 cm³/mol. The van der Waals surface area contributed by atoms with Gasteiger partial charge in [-0.05, 0) is 35.4 Å². The Morgan fingerprint density at radius 3 is 2.60 bits per heavy atom. The molecule has 9 heteroatoms. The highest BCUT2D eigenvalue weighted by molar-refractivity contribution is 6.30. The minimum absolute atomic E-state index is 0.111. The number of benzene rings is 2. The summed E-state index contributed by atoms with van der Waals surface area (Å²) in [7, 11) is 0. The zero-order valence-corrected chi connectivity index (χ0v) is 17.1. The van der Waals surface area contributed by atoms with Crippen molar-refractivity contribution in [3.8, 4) is 0 Å². The Bertz CT molecular complexity index is 894. The smallest absolute Gasteiger partial charge is 0.315 e. The maximum atomic E-state index is 13.3. The summed E-state index contributed by atoms with van der Waals surface area (Å²) in [6, 6.07) is 11.1. The van der Waals surface area contributed by atoms with Gasteiger partial charge in [0.1, 0.15) is 5.82 Å². The SMILES string of the molecule is NC(=O)c1ccc(CNC(=O)NC[C@H]2CN(Cc3ccc(F)c(Cl)c3)CCO2)cc1. The van der Waals surface area contributed by atoms with Gasteiger partial charge in [-0.3, -0.25) is 9.69 Å². The van der Waals surface area contributed by atoms with Gasteiger partial charge in [-0.2, -0.15) is 0 Å². The first-order valence-electron chi connectivity index (χ1n) is 9.59. The number of primary amides is 1. The third kappa shape index (κ3) is 6.41. The summed E-state index contributed by atoms with van der Waals surface area (Å²) in [6.45, 7) is 3.27. The zero-order chi connectivity index (χ0) is 21.5. The predicted octanol–water partition coefficient (Wildman–Crippen LogP) is 2.28. The van der Waals surface area contributed by atoms with Crippen molar-refractivity contribution < 1.29 is 18.7 Å². The second-order valence-corrected chi connectivity index (χ2v) is 7.51. The lowest BCUT2D eigenvalue weighted by Gasteiger charge is -2.33. The minimum Gasteiger partial charge on any atom is -0.374 e. The fourth-order valence-corrected chi connectivity index (χ4v) is 3.39. The Labute approximate surface area is 179 Å². The Morgan fingerprint density at radius 1 is 1.17 bits per heavy atom. The number of hydrogen-bond acceptors (Lipinski definition) is 4. The third-order valence-corrected chi connectivity index (χ3v) is 5.08. The molecule has 4 N–H and O–H groups in total. The summed E-state index contributed by atoms with van der Waals surface area (Å²) in [4.78, 5) is 25.3. The molecule has 0 spiro atoms. The minimum atomic E-state index is -0.490. The first-order valence-corrected chi connectivity index (χ1v) is 9.97. The molecule has 3 amide bonds. The van der Waals surface area contributed by atoms with E-state index < -0.39 is 11.7 Å². The lowest BCUT2D eigenvalue weighted by Crippen LogP contribution is -2.48. The maximum Gasteiger partial charge on any atom is 0.315 e. The standard InChI is InChI=1S/C21H24ClFN4O3/c22-18-9-15(3-6-19(18)23)12-27-7-8-30-17(13-27)11-26-21(29)25-10-14-1-4-16(5-2-14)20(24)28/h1-6,9,17H,7-8,10-13H2,(H2,24,28)(H2,25,26,29)/t17-/m0/s1. The molecule has 3 rings (SSSR count). The number of nitrogens with two attached hydrogens (primary N) is 1. The molecule has 2 aromatic rings. The Balaban J connectivity index is 1.40. The van der Waals surface area contributed by atoms with Gasteiger partial charge in [-0.1, -0.05) is 29.8 Å². The fourth-order valence-electron chi connectivity index (χ4n) is 3.18. The molecule has 1 fully saturated rings. The molecule has 1 aliphatic heterocycles. The van der Waals surface area contributed by atoms with Crippen molar-refractivity contribution >= 4 is 23.5 Å². The second kappa shape index (κ2) is 10.4. The molecule has 7 nitrogen and oxygen atoms in total. The molecular weight excluding hydrogens is 411 g/mol. The third-order valence-electron chi connectivity index (χ3n) is 4.79. The largest absolute Gasteiger partial charge is 0.374 e. The maximum absolute atomic E-state index is 13.3. The summed E-state index contributed by atoms with van der Waals surface area (Å²) in [5, 5.41) is 5.68. The van der Waals surface area contributed by atoms with E-state index in [1.807, 2.05) is 0 Å². The van der Waals surface area contributed by atoms with E-state index in [9.17, 15) is 14.0 Å². The van der Waals surface area contributed by atoms with Gasteiger partial charge in [0.2, 0.25) is 5.91 Å². The van der Waals surface area contributed by atoms with Gasteiger partial charge in [0, 0.05) is 38.3 Å². The van der Waals surface area contributed by atoms with Crippen LogP contribution in [0.25, 0.3) is 0 Å². The van der Waals surface area contributed by atoms with Crippen LogP contribution in [0.3, 0.4) is 0 Å². The Kier molecular flexibility index (Phi) is 7.62. The molecule has 1 heterocycles. The Hall–Kier alpha value is -2.68. The van der Waals surface area contributed by atoms with Crippen LogP contribution in [0.5, 0.6) is 0 Å². The number of morpholine rings is 1. The molecule has 1 saturated heterocycles. The summed E-state index contributed by atoms with van der Waals surface area (Å²) >= 11 is 5.85. The van der Waals surface area contributed by atoms with Crippen LogP contribution in [0, 0.1) is 5.82 Å². The van der Waals surface area contributed by atoms with Crippen molar-refractivity contribution in [1.29, 1.82) is 0 Å². The molecule has 2 aromatic carbocycles. The van der Waals surface area contributed by atoms with E-state index >= 15 is 0 Å². The van der Waals surface area contributed by atoms with Crippen LogP contribution < -0.4 is 16.4 Å². The number of urea groups is 1. The zero-order valence-electron chi connectivity index (χ0n) is 16.4. The topological polar surface area (TPSA) is 96.7 Å². The van der Waals surface area contributed by atoms with E-state index in [1.165, 1.54) is 6.07 Å². The van der Waals surface area contributed by atoms with Gasteiger partial charge in [-0.15, -0.1) is 0 Å². The van der Waals surface area contributed by atoms with Crippen LogP contribution in [0.1, 0.15) is 21.5 Å². The molecular formula is C21H24ClFN4O3. The van der Waals surface area contributed by atoms with Crippen LogP contribution in [-0.4, -0.2) is 49.2 Å². The number of amides is 3. The molecule has 0 aliphatic carbocycles. The number of halogens is 2. The number of ether oxygens (including phenoxy) is 1. The van der Waals surface area contributed by atoms with Gasteiger partial charge in [-0.25, -0.2) is 9.18 Å². The van der Waals surface area contributed by atoms with Gasteiger partial charge >= 0.3 is 6.03 Å². The average molecular weight is 435 g/mol. The molecule has 0 radical (unpaired) electrons. The number of hydrogen-bond donors (Lipinski definition) is 3.